The number of amides is 1. The smallest absolute Gasteiger partial charge is 0.238 e. The largest absolute Gasteiger partial charge is 0.493 e. The molecule has 0 radical (unpaired) electrons. The Labute approximate surface area is 159 Å². The van der Waals surface area contributed by atoms with Gasteiger partial charge in [0.15, 0.2) is 11.5 Å². The molecule has 1 unspecified atom stereocenters. The summed E-state index contributed by atoms with van der Waals surface area (Å²) in [4.78, 5) is 23.9. The number of hydrogen-bond acceptors (Lipinski definition) is 5. The third-order valence-corrected chi connectivity index (χ3v) is 5.50. The van der Waals surface area contributed by atoms with Crippen LogP contribution in [0.15, 0.2) is 36.7 Å². The van der Waals surface area contributed by atoms with Gasteiger partial charge in [0.25, 0.3) is 0 Å². The minimum Gasteiger partial charge on any atom is -0.493 e. The van der Waals surface area contributed by atoms with Crippen LogP contribution in [0.25, 0.3) is 0 Å². The first kappa shape index (κ1) is 17.8. The Bertz CT molecular complexity index is 805. The number of carbonyl (C=O) groups is 1. The Balaban J connectivity index is 1.53. The minimum absolute atomic E-state index is 0.00758. The van der Waals surface area contributed by atoms with Gasteiger partial charge in [-0.15, -0.1) is 0 Å². The molecular weight excluding hydrogens is 342 g/mol. The Morgan fingerprint density at radius 3 is 2.63 bits per heavy atom. The lowest BCUT2D eigenvalue weighted by molar-refractivity contribution is -0.136. The number of methoxy groups -OCH3 is 1. The van der Waals surface area contributed by atoms with E-state index in [1.807, 2.05) is 29.2 Å². The van der Waals surface area contributed by atoms with E-state index in [1.54, 1.807) is 19.5 Å². The summed E-state index contributed by atoms with van der Waals surface area (Å²) < 4.78 is 11.2. The molecule has 1 atom stereocenters. The van der Waals surface area contributed by atoms with Gasteiger partial charge in [-0.3, -0.25) is 9.78 Å². The highest BCUT2D eigenvalue weighted by molar-refractivity contribution is 5.79. The number of rotatable bonds is 5. The standard InChI is InChI=1S/C21H25N3O3/c1-26-18-10-4-5-11-19(18)27-20-14-22-13-16(23-20)17-9-6-12-24(17)21(25)15-7-2-3-8-15/h4-5,10-11,13-15,17H,2-3,6-9,12H2,1H3. The molecule has 1 amide bonds. The number of ether oxygens (including phenoxy) is 2. The van der Waals surface area contributed by atoms with Crippen LogP contribution in [0.2, 0.25) is 0 Å². The Morgan fingerprint density at radius 2 is 1.85 bits per heavy atom. The molecule has 27 heavy (non-hydrogen) atoms. The minimum atomic E-state index is -0.00758. The molecule has 2 aromatic rings. The Kier molecular flexibility index (Phi) is 5.23. The molecular formula is C21H25N3O3. The second-order valence-corrected chi connectivity index (χ2v) is 7.21. The Hall–Kier alpha value is -2.63. The van der Waals surface area contributed by atoms with Gasteiger partial charge in [-0.25, -0.2) is 4.98 Å². The van der Waals surface area contributed by atoms with Crippen molar-refractivity contribution in [2.45, 2.75) is 44.6 Å². The summed E-state index contributed by atoms with van der Waals surface area (Å²) in [5.74, 6) is 2.12. The fourth-order valence-corrected chi connectivity index (χ4v) is 4.13. The fourth-order valence-electron chi connectivity index (χ4n) is 4.13. The van der Waals surface area contributed by atoms with Crippen LogP contribution in [-0.2, 0) is 4.79 Å². The van der Waals surface area contributed by atoms with Crippen molar-refractivity contribution in [1.82, 2.24) is 14.9 Å². The predicted molar refractivity (Wildman–Crippen MR) is 101 cm³/mol. The van der Waals surface area contributed by atoms with E-state index in [1.165, 1.54) is 0 Å². The van der Waals surface area contributed by atoms with E-state index >= 15 is 0 Å². The third kappa shape index (κ3) is 3.75. The first-order chi connectivity index (χ1) is 13.3. The maximum Gasteiger partial charge on any atom is 0.238 e. The average molecular weight is 367 g/mol. The van der Waals surface area contributed by atoms with Crippen LogP contribution in [0.4, 0.5) is 0 Å². The first-order valence-corrected chi connectivity index (χ1v) is 9.69. The highest BCUT2D eigenvalue weighted by atomic mass is 16.5. The van der Waals surface area contributed by atoms with Gasteiger partial charge in [0.2, 0.25) is 11.8 Å². The van der Waals surface area contributed by atoms with E-state index in [9.17, 15) is 4.79 Å². The molecule has 6 heteroatoms. The summed E-state index contributed by atoms with van der Waals surface area (Å²) in [5, 5.41) is 0. The topological polar surface area (TPSA) is 64.6 Å². The molecule has 0 N–H and O–H groups in total. The number of hydrogen-bond donors (Lipinski definition) is 0. The predicted octanol–water partition coefficient (Wildman–Crippen LogP) is 4.13. The molecule has 2 heterocycles. The van der Waals surface area contributed by atoms with E-state index in [2.05, 4.69) is 9.97 Å². The van der Waals surface area contributed by atoms with Crippen LogP contribution in [0.3, 0.4) is 0 Å². The number of benzene rings is 1. The van der Waals surface area contributed by atoms with Crippen molar-refractivity contribution in [3.63, 3.8) is 0 Å². The van der Waals surface area contributed by atoms with Crippen LogP contribution in [-0.4, -0.2) is 34.4 Å². The van der Waals surface area contributed by atoms with E-state index in [0.717, 1.165) is 50.8 Å². The van der Waals surface area contributed by atoms with Crippen molar-refractivity contribution in [1.29, 1.82) is 0 Å². The molecule has 142 valence electrons. The first-order valence-electron chi connectivity index (χ1n) is 9.69. The molecule has 4 rings (SSSR count). The van der Waals surface area contributed by atoms with Crippen molar-refractivity contribution in [2.24, 2.45) is 5.92 Å². The normalized spacial score (nSPS) is 20.0. The second-order valence-electron chi connectivity index (χ2n) is 7.21. The lowest BCUT2D eigenvalue weighted by Gasteiger charge is -2.27. The molecule has 6 nitrogen and oxygen atoms in total. The molecule has 2 aliphatic rings. The van der Waals surface area contributed by atoms with Gasteiger partial charge in [-0.2, -0.15) is 0 Å². The number of para-hydroxylation sites is 2. The summed E-state index contributed by atoms with van der Waals surface area (Å²) >= 11 is 0. The summed E-state index contributed by atoms with van der Waals surface area (Å²) in [7, 11) is 1.61. The van der Waals surface area contributed by atoms with Gasteiger partial charge in [0.1, 0.15) is 0 Å². The lowest BCUT2D eigenvalue weighted by atomic mass is 10.1. The fraction of sp³-hybridized carbons (Fsp3) is 0.476. The summed E-state index contributed by atoms with van der Waals surface area (Å²) in [6.07, 6.45) is 9.63. The van der Waals surface area contributed by atoms with Crippen molar-refractivity contribution in [2.75, 3.05) is 13.7 Å². The molecule has 1 aliphatic heterocycles. The van der Waals surface area contributed by atoms with Crippen molar-refractivity contribution in [3.05, 3.63) is 42.4 Å². The van der Waals surface area contributed by atoms with Crippen LogP contribution >= 0.6 is 0 Å². The molecule has 1 saturated carbocycles. The summed E-state index contributed by atoms with van der Waals surface area (Å²) in [6, 6.07) is 7.43. The van der Waals surface area contributed by atoms with Gasteiger partial charge < -0.3 is 14.4 Å². The molecule has 0 bridgehead atoms. The highest BCUT2D eigenvalue weighted by Gasteiger charge is 2.35. The highest BCUT2D eigenvalue weighted by Crippen LogP contribution is 2.36. The number of nitrogens with zero attached hydrogens (tertiary/aromatic N) is 3. The van der Waals surface area contributed by atoms with Crippen molar-refractivity contribution in [3.8, 4) is 17.4 Å². The van der Waals surface area contributed by atoms with Crippen molar-refractivity contribution >= 4 is 5.91 Å². The van der Waals surface area contributed by atoms with Crippen LogP contribution in [0.5, 0.6) is 17.4 Å². The summed E-state index contributed by atoms with van der Waals surface area (Å²) in [6.45, 7) is 0.805. The van der Waals surface area contributed by atoms with E-state index in [4.69, 9.17) is 9.47 Å². The molecule has 2 fully saturated rings. The SMILES string of the molecule is COc1ccccc1Oc1cncc(C2CCCN2C(=O)C2CCCC2)n1. The van der Waals surface area contributed by atoms with E-state index in [0.29, 0.717) is 17.4 Å². The monoisotopic (exact) mass is 367 g/mol. The van der Waals surface area contributed by atoms with Crippen LogP contribution < -0.4 is 9.47 Å². The summed E-state index contributed by atoms with van der Waals surface area (Å²) in [5.41, 5.74) is 0.797. The average Bonchev–Trinajstić information content (AvgIpc) is 3.40. The molecule has 1 aromatic carbocycles. The van der Waals surface area contributed by atoms with Crippen molar-refractivity contribution < 1.29 is 14.3 Å². The van der Waals surface area contributed by atoms with E-state index in [-0.39, 0.29) is 17.9 Å². The number of carbonyl (C=O) groups excluding carboxylic acids is 1. The van der Waals surface area contributed by atoms with Gasteiger partial charge in [0, 0.05) is 12.5 Å². The molecule has 1 aromatic heterocycles. The number of aromatic nitrogens is 2. The van der Waals surface area contributed by atoms with Gasteiger partial charge >= 0.3 is 0 Å². The zero-order valence-electron chi connectivity index (χ0n) is 15.6. The van der Waals surface area contributed by atoms with E-state index < -0.39 is 0 Å². The van der Waals surface area contributed by atoms with Crippen LogP contribution in [0.1, 0.15) is 50.3 Å². The lowest BCUT2D eigenvalue weighted by Crippen LogP contribution is -2.35. The molecule has 1 saturated heterocycles. The van der Waals surface area contributed by atoms with Crippen LogP contribution in [0, 0.1) is 5.92 Å². The zero-order chi connectivity index (χ0) is 18.6. The Morgan fingerprint density at radius 1 is 1.07 bits per heavy atom. The molecule has 0 spiro atoms. The third-order valence-electron chi connectivity index (χ3n) is 5.50. The second kappa shape index (κ2) is 7.94. The van der Waals surface area contributed by atoms with Gasteiger partial charge in [0.05, 0.1) is 31.2 Å². The van der Waals surface area contributed by atoms with Gasteiger partial charge in [-0.05, 0) is 37.8 Å². The van der Waals surface area contributed by atoms with Gasteiger partial charge in [-0.1, -0.05) is 25.0 Å². The zero-order valence-corrected chi connectivity index (χ0v) is 15.6. The maximum atomic E-state index is 12.9. The quantitative estimate of drug-likeness (QED) is 0.795. The number of likely N-dealkylation sites (tertiary alicyclic amines) is 1. The molecule has 1 aliphatic carbocycles. The maximum absolute atomic E-state index is 12.9.